The number of thiazole rings is 1. The Morgan fingerprint density at radius 3 is 2.79 bits per heavy atom. The van der Waals surface area contributed by atoms with Crippen LogP contribution in [0.5, 0.6) is 11.5 Å². The number of nitrogens with zero attached hydrogens (tertiary/aromatic N) is 2. The van der Waals surface area contributed by atoms with Crippen LogP contribution in [0.15, 0.2) is 23.6 Å². The summed E-state index contributed by atoms with van der Waals surface area (Å²) in [5, 5.41) is 4.86. The third kappa shape index (κ3) is 4.56. The molecule has 10 heteroatoms. The largest absolute Gasteiger partial charge is 0.497 e. The second kappa shape index (κ2) is 8.36. The molecular formula is C18H20F3N3O3S. The average Bonchev–Trinajstić information content (AvgIpc) is 3.03. The van der Waals surface area contributed by atoms with E-state index in [1.54, 1.807) is 30.7 Å². The Morgan fingerprint density at radius 1 is 1.32 bits per heavy atom. The molecule has 1 aliphatic rings. The molecule has 0 saturated carbocycles. The summed E-state index contributed by atoms with van der Waals surface area (Å²) in [4.78, 5) is 17.3. The number of carbonyl (C=O) groups is 1. The number of methoxy groups -OCH3 is 2. The van der Waals surface area contributed by atoms with Gasteiger partial charge in [-0.3, -0.25) is 9.69 Å². The number of hydrogen-bond acceptors (Lipinski definition) is 6. The van der Waals surface area contributed by atoms with E-state index in [0.717, 1.165) is 5.56 Å². The molecule has 1 N–H and O–H groups in total. The monoisotopic (exact) mass is 415 g/mol. The van der Waals surface area contributed by atoms with Crippen molar-refractivity contribution in [2.45, 2.75) is 25.2 Å². The molecular weight excluding hydrogens is 395 g/mol. The lowest BCUT2D eigenvalue weighted by Crippen LogP contribution is -2.46. The number of halogens is 3. The van der Waals surface area contributed by atoms with Crippen LogP contribution in [0.3, 0.4) is 0 Å². The second-order valence-electron chi connectivity index (χ2n) is 6.29. The number of benzene rings is 1. The molecule has 1 saturated heterocycles. The van der Waals surface area contributed by atoms with Crippen molar-refractivity contribution in [1.29, 1.82) is 0 Å². The van der Waals surface area contributed by atoms with Gasteiger partial charge in [0, 0.05) is 31.1 Å². The van der Waals surface area contributed by atoms with E-state index in [1.165, 1.54) is 23.3 Å². The number of amides is 1. The van der Waals surface area contributed by atoms with Gasteiger partial charge in [0.25, 0.3) is 0 Å². The van der Waals surface area contributed by atoms with Crippen molar-refractivity contribution in [3.05, 3.63) is 29.3 Å². The van der Waals surface area contributed by atoms with Crippen molar-refractivity contribution < 1.29 is 27.4 Å². The van der Waals surface area contributed by atoms with Crippen LogP contribution in [0.2, 0.25) is 0 Å². The maximum Gasteiger partial charge on any atom is 0.404 e. The molecule has 0 bridgehead atoms. The van der Waals surface area contributed by atoms with Crippen LogP contribution in [-0.2, 0) is 11.3 Å². The summed E-state index contributed by atoms with van der Waals surface area (Å²) in [5.74, 6) is 0.608. The summed E-state index contributed by atoms with van der Waals surface area (Å²) < 4.78 is 50.8. The predicted molar refractivity (Wildman–Crippen MR) is 98.5 cm³/mol. The van der Waals surface area contributed by atoms with Crippen LogP contribution >= 0.6 is 11.3 Å². The number of rotatable bonds is 5. The molecule has 1 aromatic heterocycles. The van der Waals surface area contributed by atoms with E-state index < -0.39 is 24.5 Å². The Hall–Kier alpha value is -2.33. The van der Waals surface area contributed by atoms with Gasteiger partial charge in [0.15, 0.2) is 0 Å². The van der Waals surface area contributed by atoms with Crippen molar-refractivity contribution in [1.82, 2.24) is 15.2 Å². The molecule has 2 heterocycles. The number of hydrogen-bond donors (Lipinski definition) is 1. The summed E-state index contributed by atoms with van der Waals surface area (Å²) in [6, 6.07) is 3.47. The van der Waals surface area contributed by atoms with E-state index in [2.05, 4.69) is 10.3 Å². The Balaban J connectivity index is 1.83. The van der Waals surface area contributed by atoms with Crippen molar-refractivity contribution in [2.75, 3.05) is 27.3 Å². The lowest BCUT2D eigenvalue weighted by molar-refractivity contribution is -0.186. The lowest BCUT2D eigenvalue weighted by atomic mass is 10.1. The maximum absolute atomic E-state index is 13.4. The molecule has 0 spiro atoms. The quantitative estimate of drug-likeness (QED) is 0.813. The van der Waals surface area contributed by atoms with Crippen molar-refractivity contribution in [3.8, 4) is 22.1 Å². The first-order valence-electron chi connectivity index (χ1n) is 8.56. The molecule has 1 aromatic carbocycles. The molecule has 2 aromatic rings. The summed E-state index contributed by atoms with van der Waals surface area (Å²) in [7, 11) is 3.08. The van der Waals surface area contributed by atoms with Gasteiger partial charge in [-0.2, -0.15) is 13.2 Å². The van der Waals surface area contributed by atoms with Gasteiger partial charge < -0.3 is 14.8 Å². The number of alkyl halides is 3. The van der Waals surface area contributed by atoms with Gasteiger partial charge >= 0.3 is 6.18 Å². The van der Waals surface area contributed by atoms with Crippen LogP contribution < -0.4 is 14.8 Å². The third-order valence-electron chi connectivity index (χ3n) is 4.47. The molecule has 1 amide bonds. The van der Waals surface area contributed by atoms with E-state index in [9.17, 15) is 18.0 Å². The highest BCUT2D eigenvalue weighted by atomic mass is 32.1. The first-order valence-corrected chi connectivity index (χ1v) is 9.44. The number of ether oxygens (including phenoxy) is 2. The third-order valence-corrected chi connectivity index (χ3v) is 5.40. The summed E-state index contributed by atoms with van der Waals surface area (Å²) in [6.45, 7) is 0.289. The highest BCUT2D eigenvalue weighted by Gasteiger charge is 2.45. The van der Waals surface area contributed by atoms with Gasteiger partial charge in [0.05, 0.1) is 31.9 Å². The SMILES string of the molecule is COc1ccc(-c2nc(CN3CCNC(=O)C[C@@H]3C(F)(F)F)cs2)c(OC)c1. The Morgan fingerprint density at radius 2 is 2.11 bits per heavy atom. The molecule has 28 heavy (non-hydrogen) atoms. The van der Waals surface area contributed by atoms with Crippen molar-refractivity contribution in [3.63, 3.8) is 0 Å². The highest BCUT2D eigenvalue weighted by molar-refractivity contribution is 7.13. The number of nitrogens with one attached hydrogen (secondary N) is 1. The van der Waals surface area contributed by atoms with Crippen LogP contribution in [0.4, 0.5) is 13.2 Å². The molecule has 0 radical (unpaired) electrons. The molecule has 152 valence electrons. The zero-order chi connectivity index (χ0) is 20.3. The van der Waals surface area contributed by atoms with Crippen molar-refractivity contribution in [2.24, 2.45) is 0 Å². The molecule has 1 atom stereocenters. The molecule has 1 aliphatic heterocycles. The fourth-order valence-electron chi connectivity index (χ4n) is 3.07. The predicted octanol–water partition coefficient (Wildman–Crippen LogP) is 3.08. The standard InChI is InChI=1S/C18H20F3N3O3S/c1-26-12-3-4-13(14(7-12)27-2)17-23-11(10-28-17)9-24-6-5-22-16(25)8-15(24)18(19,20)21/h3-4,7,10,15H,5-6,8-9H2,1-2H3,(H,22,25)/t15-/m1/s1. The van der Waals surface area contributed by atoms with E-state index >= 15 is 0 Å². The minimum absolute atomic E-state index is 0.00804. The van der Waals surface area contributed by atoms with Gasteiger partial charge in [-0.15, -0.1) is 11.3 Å². The van der Waals surface area contributed by atoms with Gasteiger partial charge in [-0.05, 0) is 12.1 Å². The average molecular weight is 415 g/mol. The summed E-state index contributed by atoms with van der Waals surface area (Å²) in [5.41, 5.74) is 1.25. The molecule has 0 aliphatic carbocycles. The summed E-state index contributed by atoms with van der Waals surface area (Å²) >= 11 is 1.33. The van der Waals surface area contributed by atoms with E-state index in [4.69, 9.17) is 9.47 Å². The summed E-state index contributed by atoms with van der Waals surface area (Å²) in [6.07, 6.45) is -5.09. The second-order valence-corrected chi connectivity index (χ2v) is 7.15. The normalized spacial score (nSPS) is 18.5. The molecule has 1 fully saturated rings. The van der Waals surface area contributed by atoms with Gasteiger partial charge in [-0.1, -0.05) is 0 Å². The van der Waals surface area contributed by atoms with Crippen LogP contribution in [0, 0.1) is 0 Å². The lowest BCUT2D eigenvalue weighted by Gasteiger charge is -2.29. The molecule has 0 unspecified atom stereocenters. The minimum Gasteiger partial charge on any atom is -0.497 e. The number of carbonyl (C=O) groups excluding carboxylic acids is 1. The molecule has 3 rings (SSSR count). The van der Waals surface area contributed by atoms with E-state index in [-0.39, 0.29) is 19.6 Å². The Labute approximate surface area is 164 Å². The van der Waals surface area contributed by atoms with Crippen LogP contribution in [-0.4, -0.2) is 55.3 Å². The fraction of sp³-hybridized carbons (Fsp3) is 0.444. The van der Waals surface area contributed by atoms with Crippen LogP contribution in [0.25, 0.3) is 10.6 Å². The van der Waals surface area contributed by atoms with Crippen molar-refractivity contribution >= 4 is 17.2 Å². The van der Waals surface area contributed by atoms with Gasteiger partial charge in [0.2, 0.25) is 5.91 Å². The number of aromatic nitrogens is 1. The Kier molecular flexibility index (Phi) is 6.09. The van der Waals surface area contributed by atoms with E-state index in [1.807, 2.05) is 0 Å². The zero-order valence-corrected chi connectivity index (χ0v) is 16.2. The maximum atomic E-state index is 13.4. The van der Waals surface area contributed by atoms with Crippen LogP contribution in [0.1, 0.15) is 12.1 Å². The first kappa shape index (κ1) is 20.4. The first-order chi connectivity index (χ1) is 13.3. The van der Waals surface area contributed by atoms with Gasteiger partial charge in [0.1, 0.15) is 22.5 Å². The zero-order valence-electron chi connectivity index (χ0n) is 15.4. The Bertz CT molecular complexity index is 841. The molecule has 6 nitrogen and oxygen atoms in total. The highest BCUT2D eigenvalue weighted by Crippen LogP contribution is 2.36. The minimum atomic E-state index is -4.49. The van der Waals surface area contributed by atoms with E-state index in [0.29, 0.717) is 22.2 Å². The smallest absolute Gasteiger partial charge is 0.404 e. The topological polar surface area (TPSA) is 63.7 Å². The fourth-order valence-corrected chi connectivity index (χ4v) is 3.91. The van der Waals surface area contributed by atoms with Gasteiger partial charge in [-0.25, -0.2) is 4.98 Å².